The molecule has 1 aromatic carbocycles. The zero-order valence-corrected chi connectivity index (χ0v) is 11.7. The molecule has 1 fully saturated rings. The maximum Gasteiger partial charge on any atom is 0.0639 e. The van der Waals surface area contributed by atoms with Crippen molar-refractivity contribution in [1.82, 2.24) is 9.80 Å². The van der Waals surface area contributed by atoms with E-state index in [4.69, 9.17) is 0 Å². The molecule has 1 heterocycles. The van der Waals surface area contributed by atoms with Crippen molar-refractivity contribution in [3.05, 3.63) is 42.0 Å². The predicted octanol–water partition coefficient (Wildman–Crippen LogP) is 1.70. The summed E-state index contributed by atoms with van der Waals surface area (Å²) in [5, 5.41) is 9.37. The van der Waals surface area contributed by atoms with Gasteiger partial charge in [0.15, 0.2) is 0 Å². The number of hydrogen-bond donors (Lipinski definition) is 1. The molecule has 1 unspecified atom stereocenters. The van der Waals surface area contributed by atoms with Crippen LogP contribution in [0.4, 0.5) is 0 Å². The summed E-state index contributed by atoms with van der Waals surface area (Å²) in [7, 11) is 0. The molecule has 0 radical (unpaired) electrons. The molecule has 1 aromatic rings. The van der Waals surface area contributed by atoms with E-state index in [-0.39, 0.29) is 6.10 Å². The van der Waals surface area contributed by atoms with Crippen LogP contribution in [-0.2, 0) is 0 Å². The maximum atomic E-state index is 9.37. The number of nitrogens with zero attached hydrogens (tertiary/aromatic N) is 2. The SMILES string of the molecule is CC(O)CN1CCN(CC=Cc2ccccc2)CC1. The van der Waals surface area contributed by atoms with Crippen LogP contribution >= 0.6 is 0 Å². The lowest BCUT2D eigenvalue weighted by atomic mass is 10.2. The van der Waals surface area contributed by atoms with Crippen LogP contribution in [0.3, 0.4) is 0 Å². The lowest BCUT2D eigenvalue weighted by Crippen LogP contribution is -2.48. The summed E-state index contributed by atoms with van der Waals surface area (Å²) in [4.78, 5) is 4.79. The Hall–Kier alpha value is -1.16. The van der Waals surface area contributed by atoms with Crippen molar-refractivity contribution >= 4 is 6.08 Å². The minimum Gasteiger partial charge on any atom is -0.392 e. The minimum atomic E-state index is -0.218. The van der Waals surface area contributed by atoms with Crippen LogP contribution in [0.25, 0.3) is 6.08 Å². The number of aliphatic hydroxyl groups is 1. The molecule has 0 spiro atoms. The minimum absolute atomic E-state index is 0.218. The third-order valence-electron chi connectivity index (χ3n) is 3.46. The highest BCUT2D eigenvalue weighted by atomic mass is 16.3. The van der Waals surface area contributed by atoms with Gasteiger partial charge in [0.05, 0.1) is 6.10 Å². The average Bonchev–Trinajstić information content (AvgIpc) is 2.41. The van der Waals surface area contributed by atoms with Gasteiger partial charge in [-0.2, -0.15) is 0 Å². The standard InChI is InChI=1S/C16H24N2O/c1-15(19)14-18-12-10-17(11-13-18)9-5-8-16-6-3-2-4-7-16/h2-8,15,19H,9-14H2,1H3. The largest absolute Gasteiger partial charge is 0.392 e. The second-order valence-corrected chi connectivity index (χ2v) is 5.26. The zero-order chi connectivity index (χ0) is 13.5. The van der Waals surface area contributed by atoms with Crippen LogP contribution in [0, 0.1) is 0 Å². The van der Waals surface area contributed by atoms with E-state index in [0.29, 0.717) is 0 Å². The van der Waals surface area contributed by atoms with E-state index in [0.717, 1.165) is 39.3 Å². The highest BCUT2D eigenvalue weighted by Gasteiger charge is 2.16. The normalized spacial score (nSPS) is 19.9. The predicted molar refractivity (Wildman–Crippen MR) is 80.0 cm³/mol. The second-order valence-electron chi connectivity index (χ2n) is 5.26. The van der Waals surface area contributed by atoms with Gasteiger partial charge in [-0.1, -0.05) is 42.5 Å². The van der Waals surface area contributed by atoms with E-state index >= 15 is 0 Å². The highest BCUT2D eigenvalue weighted by molar-refractivity contribution is 5.48. The van der Waals surface area contributed by atoms with Gasteiger partial charge >= 0.3 is 0 Å². The monoisotopic (exact) mass is 260 g/mol. The van der Waals surface area contributed by atoms with Crippen LogP contribution in [-0.4, -0.2) is 60.3 Å². The molecular formula is C16H24N2O. The topological polar surface area (TPSA) is 26.7 Å². The molecule has 1 N–H and O–H groups in total. The van der Waals surface area contributed by atoms with Gasteiger partial charge < -0.3 is 5.11 Å². The van der Waals surface area contributed by atoms with Crippen LogP contribution in [0.5, 0.6) is 0 Å². The quantitative estimate of drug-likeness (QED) is 0.873. The van der Waals surface area contributed by atoms with Gasteiger partial charge in [0.1, 0.15) is 0 Å². The molecule has 1 atom stereocenters. The smallest absolute Gasteiger partial charge is 0.0639 e. The van der Waals surface area contributed by atoms with E-state index in [1.54, 1.807) is 0 Å². The van der Waals surface area contributed by atoms with Gasteiger partial charge in [0.2, 0.25) is 0 Å². The summed E-state index contributed by atoms with van der Waals surface area (Å²) in [6, 6.07) is 10.4. The Labute approximate surface area is 116 Å². The molecule has 0 aliphatic carbocycles. The van der Waals surface area contributed by atoms with E-state index in [1.165, 1.54) is 5.56 Å². The van der Waals surface area contributed by atoms with E-state index < -0.39 is 0 Å². The fourth-order valence-electron chi connectivity index (χ4n) is 2.43. The summed E-state index contributed by atoms with van der Waals surface area (Å²) < 4.78 is 0. The molecule has 0 saturated carbocycles. The Balaban J connectivity index is 1.70. The molecule has 1 aliphatic rings. The Bertz CT molecular complexity index is 381. The summed E-state index contributed by atoms with van der Waals surface area (Å²) in [6.45, 7) is 7.96. The van der Waals surface area contributed by atoms with Crippen LogP contribution in [0.1, 0.15) is 12.5 Å². The van der Waals surface area contributed by atoms with E-state index in [9.17, 15) is 5.11 Å². The first-order valence-electron chi connectivity index (χ1n) is 7.08. The van der Waals surface area contributed by atoms with Gasteiger partial charge in [0.25, 0.3) is 0 Å². The molecule has 3 nitrogen and oxygen atoms in total. The number of rotatable bonds is 5. The molecule has 19 heavy (non-hydrogen) atoms. The Morgan fingerprint density at radius 3 is 2.37 bits per heavy atom. The van der Waals surface area contributed by atoms with Crippen molar-refractivity contribution in [2.45, 2.75) is 13.0 Å². The summed E-state index contributed by atoms with van der Waals surface area (Å²) in [6.07, 6.45) is 4.20. The fraction of sp³-hybridized carbons (Fsp3) is 0.500. The molecule has 0 amide bonds. The van der Waals surface area contributed by atoms with Gasteiger partial charge in [-0.15, -0.1) is 0 Å². The van der Waals surface area contributed by atoms with Crippen LogP contribution < -0.4 is 0 Å². The zero-order valence-electron chi connectivity index (χ0n) is 11.7. The first-order valence-corrected chi connectivity index (χ1v) is 7.08. The van der Waals surface area contributed by atoms with Crippen molar-refractivity contribution < 1.29 is 5.11 Å². The average molecular weight is 260 g/mol. The first kappa shape index (κ1) is 14.3. The summed E-state index contributed by atoms with van der Waals surface area (Å²) in [5.41, 5.74) is 1.26. The van der Waals surface area contributed by atoms with Crippen molar-refractivity contribution in [1.29, 1.82) is 0 Å². The lowest BCUT2D eigenvalue weighted by Gasteiger charge is -2.34. The van der Waals surface area contributed by atoms with Gasteiger partial charge in [-0.05, 0) is 12.5 Å². The Kier molecular flexibility index (Phi) is 5.58. The fourth-order valence-corrected chi connectivity index (χ4v) is 2.43. The third-order valence-corrected chi connectivity index (χ3v) is 3.46. The van der Waals surface area contributed by atoms with E-state index in [2.05, 4.69) is 46.2 Å². The van der Waals surface area contributed by atoms with E-state index in [1.807, 2.05) is 13.0 Å². The van der Waals surface area contributed by atoms with Gasteiger partial charge in [-0.25, -0.2) is 0 Å². The molecular weight excluding hydrogens is 236 g/mol. The lowest BCUT2D eigenvalue weighted by molar-refractivity contribution is 0.0852. The van der Waals surface area contributed by atoms with Gasteiger partial charge in [0, 0.05) is 39.3 Å². The molecule has 1 aliphatic heterocycles. The maximum absolute atomic E-state index is 9.37. The van der Waals surface area contributed by atoms with Crippen molar-refractivity contribution in [2.24, 2.45) is 0 Å². The molecule has 1 saturated heterocycles. The van der Waals surface area contributed by atoms with Crippen molar-refractivity contribution in [2.75, 3.05) is 39.3 Å². The van der Waals surface area contributed by atoms with Crippen LogP contribution in [0.15, 0.2) is 36.4 Å². The number of benzene rings is 1. The molecule has 0 bridgehead atoms. The number of aliphatic hydroxyl groups excluding tert-OH is 1. The number of piperazine rings is 1. The Morgan fingerprint density at radius 2 is 1.74 bits per heavy atom. The molecule has 0 aromatic heterocycles. The Morgan fingerprint density at radius 1 is 1.11 bits per heavy atom. The molecule has 3 heteroatoms. The molecule has 2 rings (SSSR count). The van der Waals surface area contributed by atoms with Gasteiger partial charge in [-0.3, -0.25) is 9.80 Å². The second kappa shape index (κ2) is 7.43. The summed E-state index contributed by atoms with van der Waals surface area (Å²) in [5.74, 6) is 0. The van der Waals surface area contributed by atoms with Crippen molar-refractivity contribution in [3.63, 3.8) is 0 Å². The summed E-state index contributed by atoms with van der Waals surface area (Å²) >= 11 is 0. The molecule has 104 valence electrons. The first-order chi connectivity index (χ1) is 9.24. The number of hydrogen-bond acceptors (Lipinski definition) is 3. The van der Waals surface area contributed by atoms with Crippen molar-refractivity contribution in [3.8, 4) is 0 Å². The third kappa shape index (κ3) is 5.15. The highest BCUT2D eigenvalue weighted by Crippen LogP contribution is 2.05. The number of β-amino-alcohol motifs (C(OH)–C–C–N with tert-alkyl or cyclic N) is 1. The van der Waals surface area contributed by atoms with Crippen LogP contribution in [0.2, 0.25) is 0 Å².